The number of anilines is 1. The molecule has 0 aliphatic heterocycles. The lowest BCUT2D eigenvalue weighted by Crippen LogP contribution is -2.45. The summed E-state index contributed by atoms with van der Waals surface area (Å²) in [6.07, 6.45) is 0.621. The van der Waals surface area contributed by atoms with Gasteiger partial charge in [-0.15, -0.1) is 0 Å². The van der Waals surface area contributed by atoms with E-state index in [2.05, 4.69) is 15.4 Å². The molecule has 7 heteroatoms. The van der Waals surface area contributed by atoms with Crippen molar-refractivity contribution in [2.24, 2.45) is 5.41 Å². The second-order valence-electron chi connectivity index (χ2n) is 7.01. The highest BCUT2D eigenvalue weighted by molar-refractivity contribution is 6.09. The third kappa shape index (κ3) is 5.81. The lowest BCUT2D eigenvalue weighted by atomic mass is 9.90. The van der Waals surface area contributed by atoms with Crippen LogP contribution in [-0.4, -0.2) is 38.5 Å². The van der Waals surface area contributed by atoms with E-state index in [1.165, 1.54) is 7.11 Å². The van der Waals surface area contributed by atoms with Crippen LogP contribution in [0.4, 0.5) is 5.69 Å². The number of hydrogen-bond donors (Lipinski definition) is 2. The van der Waals surface area contributed by atoms with Crippen molar-refractivity contribution in [1.82, 2.24) is 5.32 Å². The minimum Gasteiger partial charge on any atom is -0.497 e. The first-order valence-electron chi connectivity index (χ1n) is 9.19. The smallest absolute Gasteiger partial charge is 0.337 e. The maximum atomic E-state index is 12.6. The fraction of sp³-hybridized carbons (Fsp3) is 0.318. The van der Waals surface area contributed by atoms with Crippen molar-refractivity contribution in [3.63, 3.8) is 0 Å². The predicted octanol–water partition coefficient (Wildman–Crippen LogP) is 2.81. The fourth-order valence-electron chi connectivity index (χ4n) is 2.57. The Morgan fingerprint density at radius 1 is 0.966 bits per heavy atom. The Balaban J connectivity index is 1.91. The van der Waals surface area contributed by atoms with E-state index in [1.807, 2.05) is 24.3 Å². The van der Waals surface area contributed by atoms with Crippen molar-refractivity contribution in [3.8, 4) is 5.75 Å². The first-order chi connectivity index (χ1) is 13.8. The minimum absolute atomic E-state index is 0.371. The first-order valence-corrected chi connectivity index (χ1v) is 9.19. The van der Waals surface area contributed by atoms with Gasteiger partial charge in [0.05, 0.1) is 19.8 Å². The molecule has 29 heavy (non-hydrogen) atoms. The molecule has 0 heterocycles. The number of benzene rings is 2. The zero-order valence-electron chi connectivity index (χ0n) is 17.1. The second-order valence-corrected chi connectivity index (χ2v) is 7.01. The molecule has 2 rings (SSSR count). The molecule has 0 spiro atoms. The number of amides is 2. The van der Waals surface area contributed by atoms with Crippen LogP contribution in [0.2, 0.25) is 0 Å². The summed E-state index contributed by atoms with van der Waals surface area (Å²) >= 11 is 0. The van der Waals surface area contributed by atoms with Gasteiger partial charge in [0.15, 0.2) is 0 Å². The lowest BCUT2D eigenvalue weighted by molar-refractivity contribution is -0.138. The first kappa shape index (κ1) is 21.9. The predicted molar refractivity (Wildman–Crippen MR) is 110 cm³/mol. The van der Waals surface area contributed by atoms with Crippen LogP contribution < -0.4 is 15.4 Å². The molecular formula is C22H26N2O5. The van der Waals surface area contributed by atoms with Crippen molar-refractivity contribution < 1.29 is 23.9 Å². The molecule has 7 nitrogen and oxygen atoms in total. The van der Waals surface area contributed by atoms with E-state index in [0.29, 0.717) is 24.2 Å². The van der Waals surface area contributed by atoms with Crippen LogP contribution >= 0.6 is 0 Å². The van der Waals surface area contributed by atoms with E-state index >= 15 is 0 Å². The van der Waals surface area contributed by atoms with E-state index in [9.17, 15) is 14.4 Å². The zero-order chi connectivity index (χ0) is 21.4. The van der Waals surface area contributed by atoms with E-state index in [4.69, 9.17) is 4.74 Å². The summed E-state index contributed by atoms with van der Waals surface area (Å²) in [5.74, 6) is -0.517. The molecule has 0 radical (unpaired) electrons. The minimum atomic E-state index is -1.27. The number of carbonyl (C=O) groups excluding carboxylic acids is 3. The van der Waals surface area contributed by atoms with Crippen LogP contribution in [0.25, 0.3) is 0 Å². The van der Waals surface area contributed by atoms with Crippen molar-refractivity contribution in [1.29, 1.82) is 0 Å². The topological polar surface area (TPSA) is 93.7 Å². The Kier molecular flexibility index (Phi) is 7.36. The number of hydrogen-bond acceptors (Lipinski definition) is 5. The average molecular weight is 398 g/mol. The number of methoxy groups -OCH3 is 2. The number of esters is 1. The average Bonchev–Trinajstić information content (AvgIpc) is 2.73. The van der Waals surface area contributed by atoms with Crippen LogP contribution in [0.15, 0.2) is 48.5 Å². The fourth-order valence-corrected chi connectivity index (χ4v) is 2.57. The standard InChI is InChI=1S/C22H26N2O5/c1-22(2,20(26)23-13-12-15-6-5-7-18(14-15)28-3)21(27)24-17-10-8-16(9-11-17)19(25)29-4/h5-11,14H,12-13H2,1-4H3,(H,23,26)(H,24,27). The molecule has 154 valence electrons. The Morgan fingerprint density at radius 3 is 2.28 bits per heavy atom. The Hall–Kier alpha value is -3.35. The SMILES string of the molecule is COC(=O)c1ccc(NC(=O)C(C)(C)C(=O)NCCc2cccc(OC)c2)cc1. The van der Waals surface area contributed by atoms with Crippen molar-refractivity contribution in [3.05, 3.63) is 59.7 Å². The number of nitrogens with one attached hydrogen (secondary N) is 2. The Labute approximate surface area is 170 Å². The molecule has 2 aromatic carbocycles. The van der Waals surface area contributed by atoms with Gasteiger partial charge in [0.25, 0.3) is 0 Å². The summed E-state index contributed by atoms with van der Waals surface area (Å²) in [6, 6.07) is 13.9. The molecule has 0 saturated carbocycles. The number of carbonyl (C=O) groups is 3. The number of ether oxygens (including phenoxy) is 2. The molecule has 2 N–H and O–H groups in total. The maximum absolute atomic E-state index is 12.6. The monoisotopic (exact) mass is 398 g/mol. The molecule has 0 aliphatic carbocycles. The van der Waals surface area contributed by atoms with Crippen molar-refractivity contribution >= 4 is 23.5 Å². The quantitative estimate of drug-likeness (QED) is 0.527. The van der Waals surface area contributed by atoms with Gasteiger partial charge in [0.1, 0.15) is 11.2 Å². The molecular weight excluding hydrogens is 372 g/mol. The summed E-state index contributed by atoms with van der Waals surface area (Å²) in [7, 11) is 2.90. The van der Waals surface area contributed by atoms with E-state index in [0.717, 1.165) is 11.3 Å². The highest BCUT2D eigenvalue weighted by atomic mass is 16.5. The van der Waals surface area contributed by atoms with Crippen LogP contribution in [0.3, 0.4) is 0 Å². The van der Waals surface area contributed by atoms with Crippen LogP contribution in [0.1, 0.15) is 29.8 Å². The van der Waals surface area contributed by atoms with Gasteiger partial charge in [-0.1, -0.05) is 12.1 Å². The highest BCUT2D eigenvalue weighted by Gasteiger charge is 2.35. The Bertz CT molecular complexity index is 875. The van der Waals surface area contributed by atoms with Gasteiger partial charge < -0.3 is 20.1 Å². The van der Waals surface area contributed by atoms with Gasteiger partial charge in [0.2, 0.25) is 11.8 Å². The maximum Gasteiger partial charge on any atom is 0.337 e. The largest absolute Gasteiger partial charge is 0.497 e. The third-order valence-electron chi connectivity index (χ3n) is 4.53. The van der Waals surface area contributed by atoms with Gasteiger partial charge in [-0.3, -0.25) is 9.59 Å². The third-order valence-corrected chi connectivity index (χ3v) is 4.53. The molecule has 0 unspecified atom stereocenters. The molecule has 0 aromatic heterocycles. The summed E-state index contributed by atoms with van der Waals surface area (Å²) in [5, 5.41) is 5.51. The summed E-state index contributed by atoms with van der Waals surface area (Å²) in [6.45, 7) is 3.52. The van der Waals surface area contributed by atoms with Gasteiger partial charge in [-0.2, -0.15) is 0 Å². The normalized spacial score (nSPS) is 10.8. The molecule has 2 amide bonds. The second kappa shape index (κ2) is 9.73. The van der Waals surface area contributed by atoms with Gasteiger partial charge in [0, 0.05) is 12.2 Å². The summed E-state index contributed by atoms with van der Waals surface area (Å²) < 4.78 is 9.82. The van der Waals surface area contributed by atoms with Crippen LogP contribution in [0.5, 0.6) is 5.75 Å². The summed E-state index contributed by atoms with van der Waals surface area (Å²) in [5.41, 5.74) is 0.618. The lowest BCUT2D eigenvalue weighted by Gasteiger charge is -2.23. The molecule has 0 fully saturated rings. The number of rotatable bonds is 8. The molecule has 0 aliphatic rings. The van der Waals surface area contributed by atoms with Crippen LogP contribution in [0, 0.1) is 5.41 Å². The molecule has 0 saturated heterocycles. The molecule has 0 atom stereocenters. The molecule has 0 bridgehead atoms. The van der Waals surface area contributed by atoms with Crippen LogP contribution in [-0.2, 0) is 20.7 Å². The van der Waals surface area contributed by atoms with Crippen molar-refractivity contribution in [2.45, 2.75) is 20.3 Å². The van der Waals surface area contributed by atoms with E-state index in [-0.39, 0.29) is 5.91 Å². The van der Waals surface area contributed by atoms with Gasteiger partial charge in [-0.05, 0) is 62.2 Å². The zero-order valence-corrected chi connectivity index (χ0v) is 17.1. The summed E-state index contributed by atoms with van der Waals surface area (Å²) in [4.78, 5) is 36.6. The Morgan fingerprint density at radius 2 is 1.66 bits per heavy atom. The van der Waals surface area contributed by atoms with Gasteiger partial charge in [-0.25, -0.2) is 4.79 Å². The molecule has 2 aromatic rings. The highest BCUT2D eigenvalue weighted by Crippen LogP contribution is 2.20. The van der Waals surface area contributed by atoms with E-state index in [1.54, 1.807) is 45.2 Å². The van der Waals surface area contributed by atoms with Gasteiger partial charge >= 0.3 is 5.97 Å². The van der Waals surface area contributed by atoms with Crippen molar-refractivity contribution in [2.75, 3.05) is 26.1 Å². The van der Waals surface area contributed by atoms with E-state index < -0.39 is 17.3 Å².